The van der Waals surface area contributed by atoms with Crippen molar-refractivity contribution in [1.29, 1.82) is 0 Å². The molecule has 0 spiro atoms. The molecule has 23 heavy (non-hydrogen) atoms. The van der Waals surface area contributed by atoms with E-state index in [1.807, 2.05) is 18.7 Å². The van der Waals surface area contributed by atoms with E-state index in [-0.39, 0.29) is 5.84 Å². The molecule has 0 aromatic rings. The van der Waals surface area contributed by atoms with E-state index in [9.17, 15) is 9.59 Å². The maximum Gasteiger partial charge on any atom is 0.327 e. The van der Waals surface area contributed by atoms with E-state index in [1.54, 1.807) is 0 Å². The SMILES string of the molecule is CCCC(NO)C(=O)NC(=O)NC1=NC(SC)N=C2N=CN=C21. The summed E-state index contributed by atoms with van der Waals surface area (Å²) in [6.07, 6.45) is 4.21. The standard InChI is InChI=1S/C12H17N7O3S/c1-3-4-6(19-22)10(20)18-11(21)15-9-7-8(14-5-13-7)16-12(17-9)23-2/h5-6,12,19,22H,3-4H2,1-2H3,(H2,15,17,18,20,21). The molecule has 2 unspecified atom stereocenters. The van der Waals surface area contributed by atoms with Crippen molar-refractivity contribution < 1.29 is 14.8 Å². The maximum atomic E-state index is 12.0. The third-order valence-electron chi connectivity index (χ3n) is 3.00. The average molecular weight is 339 g/mol. The van der Waals surface area contributed by atoms with Crippen LogP contribution in [0.15, 0.2) is 20.0 Å². The van der Waals surface area contributed by atoms with Crippen molar-refractivity contribution in [2.75, 3.05) is 6.26 Å². The summed E-state index contributed by atoms with van der Waals surface area (Å²) < 4.78 is 0. The molecule has 2 aliphatic rings. The summed E-state index contributed by atoms with van der Waals surface area (Å²) in [6, 6.07) is -1.62. The summed E-state index contributed by atoms with van der Waals surface area (Å²) in [6.45, 7) is 1.86. The Balaban J connectivity index is 2.00. The lowest BCUT2D eigenvalue weighted by atomic mass is 10.2. The zero-order valence-corrected chi connectivity index (χ0v) is 13.4. The molecule has 2 heterocycles. The highest BCUT2D eigenvalue weighted by Gasteiger charge is 2.28. The van der Waals surface area contributed by atoms with Crippen LogP contribution in [0.4, 0.5) is 4.79 Å². The Labute approximate surface area is 136 Å². The molecule has 11 heteroatoms. The van der Waals surface area contributed by atoms with Crippen LogP contribution in [-0.2, 0) is 4.79 Å². The first-order valence-corrected chi connectivity index (χ1v) is 8.18. The van der Waals surface area contributed by atoms with Gasteiger partial charge < -0.3 is 5.21 Å². The number of rotatable bonds is 5. The van der Waals surface area contributed by atoms with Gasteiger partial charge in [0.2, 0.25) is 5.91 Å². The maximum absolute atomic E-state index is 12.0. The van der Waals surface area contributed by atoms with Crippen LogP contribution in [0.25, 0.3) is 0 Å². The topological polar surface area (TPSA) is 140 Å². The first-order chi connectivity index (χ1) is 11.1. The van der Waals surface area contributed by atoms with Crippen molar-refractivity contribution in [3.63, 3.8) is 0 Å². The van der Waals surface area contributed by atoms with E-state index in [1.165, 1.54) is 18.1 Å². The van der Waals surface area contributed by atoms with Crippen molar-refractivity contribution in [2.45, 2.75) is 31.3 Å². The lowest BCUT2D eigenvalue weighted by molar-refractivity contribution is -0.124. The van der Waals surface area contributed by atoms with Crippen molar-refractivity contribution in [1.82, 2.24) is 16.1 Å². The highest BCUT2D eigenvalue weighted by molar-refractivity contribution is 7.99. The van der Waals surface area contributed by atoms with Crippen LogP contribution in [0.2, 0.25) is 0 Å². The first-order valence-electron chi connectivity index (χ1n) is 6.90. The molecule has 0 fully saturated rings. The van der Waals surface area contributed by atoms with Gasteiger partial charge in [-0.05, 0) is 12.7 Å². The van der Waals surface area contributed by atoms with Crippen molar-refractivity contribution in [2.24, 2.45) is 20.0 Å². The molecule has 124 valence electrons. The third kappa shape index (κ3) is 4.21. The van der Waals surface area contributed by atoms with Crippen LogP contribution < -0.4 is 16.1 Å². The molecule has 2 aliphatic heterocycles. The van der Waals surface area contributed by atoms with Gasteiger partial charge in [0.05, 0.1) is 0 Å². The molecule has 4 N–H and O–H groups in total. The van der Waals surface area contributed by atoms with Crippen LogP contribution in [0.3, 0.4) is 0 Å². The molecule has 3 amide bonds. The molecule has 2 atom stereocenters. The molecule has 0 saturated heterocycles. The van der Waals surface area contributed by atoms with E-state index in [0.717, 1.165) is 0 Å². The van der Waals surface area contributed by atoms with Gasteiger partial charge in [0.1, 0.15) is 12.4 Å². The number of nitrogens with one attached hydrogen (secondary N) is 3. The number of hydrogen-bond donors (Lipinski definition) is 4. The number of carbonyl (C=O) groups excluding carboxylic acids is 2. The number of carbonyl (C=O) groups is 2. The van der Waals surface area contributed by atoms with Gasteiger partial charge in [-0.15, -0.1) is 11.8 Å². The molecule has 0 aliphatic carbocycles. The largest absolute Gasteiger partial charge is 0.327 e. The molecular formula is C12H17N7O3S. The Morgan fingerprint density at radius 3 is 2.87 bits per heavy atom. The molecule has 0 aromatic carbocycles. The van der Waals surface area contributed by atoms with Crippen LogP contribution in [0.1, 0.15) is 19.8 Å². The Bertz CT molecular complexity index is 614. The van der Waals surface area contributed by atoms with Gasteiger partial charge in [-0.1, -0.05) is 13.3 Å². The van der Waals surface area contributed by atoms with Gasteiger partial charge in [-0.2, -0.15) is 5.48 Å². The fourth-order valence-electron chi connectivity index (χ4n) is 1.90. The fourth-order valence-corrected chi connectivity index (χ4v) is 2.32. The zero-order chi connectivity index (χ0) is 16.8. The summed E-state index contributed by atoms with van der Waals surface area (Å²) >= 11 is 1.37. The number of nitrogens with zero attached hydrogens (tertiary/aromatic N) is 4. The van der Waals surface area contributed by atoms with Crippen molar-refractivity contribution in [3.05, 3.63) is 0 Å². The van der Waals surface area contributed by atoms with Crippen LogP contribution in [-0.4, -0.2) is 58.7 Å². The molecule has 0 saturated carbocycles. The summed E-state index contributed by atoms with van der Waals surface area (Å²) in [4.78, 5) is 40.2. The minimum absolute atomic E-state index is 0.196. The van der Waals surface area contributed by atoms with E-state index >= 15 is 0 Å². The second-order valence-corrected chi connectivity index (χ2v) is 5.52. The summed E-state index contributed by atoms with van der Waals surface area (Å²) in [5, 5.41) is 13.5. The lowest BCUT2D eigenvalue weighted by Gasteiger charge is -2.17. The molecule has 0 radical (unpaired) electrons. The van der Waals surface area contributed by atoms with E-state index in [4.69, 9.17) is 5.21 Å². The van der Waals surface area contributed by atoms with Crippen molar-refractivity contribution >= 4 is 47.4 Å². The Morgan fingerprint density at radius 1 is 1.43 bits per heavy atom. The highest BCUT2D eigenvalue weighted by Crippen LogP contribution is 2.16. The van der Waals surface area contributed by atoms with E-state index in [2.05, 4.69) is 30.6 Å². The summed E-state index contributed by atoms with van der Waals surface area (Å²) in [7, 11) is 0. The van der Waals surface area contributed by atoms with Crippen LogP contribution in [0.5, 0.6) is 0 Å². The number of fused-ring (bicyclic) bond motifs is 1. The fraction of sp³-hybridized carbons (Fsp3) is 0.500. The normalized spacial score (nSPS) is 20.1. The molecule has 0 aromatic heterocycles. The minimum Gasteiger partial charge on any atom is -0.316 e. The highest BCUT2D eigenvalue weighted by atomic mass is 32.2. The zero-order valence-electron chi connectivity index (χ0n) is 12.6. The smallest absolute Gasteiger partial charge is 0.316 e. The van der Waals surface area contributed by atoms with E-state index < -0.39 is 23.5 Å². The number of hydroxylamine groups is 1. The molecule has 10 nitrogen and oxygen atoms in total. The van der Waals surface area contributed by atoms with Gasteiger partial charge in [0, 0.05) is 0 Å². The molecule has 0 bridgehead atoms. The van der Waals surface area contributed by atoms with Gasteiger partial charge in [-0.25, -0.2) is 24.8 Å². The number of hydrogen-bond acceptors (Lipinski definition) is 9. The Hall–Kier alpha value is -2.11. The number of urea groups is 1. The summed E-state index contributed by atoms with van der Waals surface area (Å²) in [5.41, 5.74) is 1.79. The third-order valence-corrected chi connectivity index (χ3v) is 3.64. The van der Waals surface area contributed by atoms with Crippen LogP contribution >= 0.6 is 11.8 Å². The quantitative estimate of drug-likeness (QED) is 0.518. The predicted molar refractivity (Wildman–Crippen MR) is 88.4 cm³/mol. The second kappa shape index (κ2) is 7.94. The Kier molecular flexibility index (Phi) is 5.96. The van der Waals surface area contributed by atoms with Crippen molar-refractivity contribution in [3.8, 4) is 0 Å². The van der Waals surface area contributed by atoms with E-state index in [0.29, 0.717) is 24.4 Å². The summed E-state index contributed by atoms with van der Waals surface area (Å²) in [5.74, 6) is -0.0498. The van der Waals surface area contributed by atoms with Gasteiger partial charge >= 0.3 is 6.03 Å². The first kappa shape index (κ1) is 17.2. The number of aliphatic imine (C=N–C) groups is 4. The monoisotopic (exact) mass is 339 g/mol. The molecular weight excluding hydrogens is 322 g/mol. The molecule has 2 rings (SSSR count). The predicted octanol–water partition coefficient (Wildman–Crippen LogP) is -0.100. The lowest BCUT2D eigenvalue weighted by Crippen LogP contribution is -2.52. The van der Waals surface area contributed by atoms with Crippen LogP contribution in [0, 0.1) is 0 Å². The number of imide groups is 1. The van der Waals surface area contributed by atoms with Gasteiger partial charge in [0.15, 0.2) is 22.9 Å². The number of amides is 3. The van der Waals surface area contributed by atoms with Gasteiger partial charge in [0.25, 0.3) is 0 Å². The Morgan fingerprint density at radius 2 is 2.22 bits per heavy atom. The second-order valence-electron chi connectivity index (χ2n) is 4.63. The minimum atomic E-state index is -0.859. The number of amidine groups is 2. The number of thioether (sulfide) groups is 1. The van der Waals surface area contributed by atoms with Gasteiger partial charge in [-0.3, -0.25) is 15.4 Å². The average Bonchev–Trinajstić information content (AvgIpc) is 3.00.